The molecule has 23 heavy (non-hydrogen) atoms. The lowest BCUT2D eigenvalue weighted by molar-refractivity contribution is -0.189. The highest BCUT2D eigenvalue weighted by atomic mass is 32.1. The molecule has 2 fully saturated rings. The van der Waals surface area contributed by atoms with Crippen LogP contribution in [0.25, 0.3) is 0 Å². The molecule has 1 aliphatic carbocycles. The third-order valence-electron chi connectivity index (χ3n) is 5.35. The fourth-order valence-corrected chi connectivity index (χ4v) is 5.16. The molecule has 0 bridgehead atoms. The molecule has 1 aromatic rings. The Labute approximate surface area is 141 Å². The van der Waals surface area contributed by atoms with Crippen molar-refractivity contribution in [2.75, 3.05) is 19.7 Å². The van der Waals surface area contributed by atoms with Crippen molar-refractivity contribution in [1.82, 2.24) is 4.90 Å². The average molecular weight is 335 g/mol. The number of hydrogen-bond donors (Lipinski definition) is 0. The summed E-state index contributed by atoms with van der Waals surface area (Å²) in [6, 6.07) is 2.15. The van der Waals surface area contributed by atoms with Gasteiger partial charge in [-0.3, -0.25) is 4.79 Å². The molecule has 3 aliphatic rings. The lowest BCUT2D eigenvalue weighted by atomic mass is 9.90. The number of nitrogens with zero attached hydrogens (tertiary/aromatic N) is 1. The molecule has 1 amide bonds. The molecular weight excluding hydrogens is 310 g/mol. The zero-order valence-corrected chi connectivity index (χ0v) is 14.8. The summed E-state index contributed by atoms with van der Waals surface area (Å²) in [4.78, 5) is 17.1. The molecule has 0 aromatic carbocycles. The van der Waals surface area contributed by atoms with Crippen molar-refractivity contribution in [3.63, 3.8) is 0 Å². The van der Waals surface area contributed by atoms with Crippen molar-refractivity contribution in [2.45, 2.75) is 57.8 Å². The van der Waals surface area contributed by atoms with Crippen molar-refractivity contribution in [2.24, 2.45) is 5.92 Å². The number of hydrogen-bond acceptors (Lipinski definition) is 4. The number of aryl methyl sites for hydroxylation is 1. The maximum Gasteiger partial charge on any atom is 0.263 e. The van der Waals surface area contributed by atoms with Gasteiger partial charge >= 0.3 is 0 Å². The van der Waals surface area contributed by atoms with Crippen molar-refractivity contribution in [1.29, 1.82) is 0 Å². The summed E-state index contributed by atoms with van der Waals surface area (Å²) < 4.78 is 11.8. The predicted molar refractivity (Wildman–Crippen MR) is 89.9 cm³/mol. The highest BCUT2D eigenvalue weighted by Crippen LogP contribution is 2.36. The summed E-state index contributed by atoms with van der Waals surface area (Å²) in [5.41, 5.74) is 1.40. The minimum absolute atomic E-state index is 0.170. The van der Waals surface area contributed by atoms with E-state index in [1.54, 1.807) is 11.3 Å². The minimum atomic E-state index is -0.430. The number of fused-ring (bicyclic) bond motifs is 1. The van der Waals surface area contributed by atoms with Gasteiger partial charge in [0.1, 0.15) is 0 Å². The van der Waals surface area contributed by atoms with E-state index in [0.29, 0.717) is 6.61 Å². The van der Waals surface area contributed by atoms with E-state index in [-0.39, 0.29) is 12.0 Å². The van der Waals surface area contributed by atoms with Gasteiger partial charge in [0.25, 0.3) is 5.91 Å². The van der Waals surface area contributed by atoms with Crippen LogP contribution in [0.3, 0.4) is 0 Å². The summed E-state index contributed by atoms with van der Waals surface area (Å²) in [6.07, 6.45) is 5.25. The minimum Gasteiger partial charge on any atom is -0.347 e. The quantitative estimate of drug-likeness (QED) is 0.791. The Bertz CT molecular complexity index is 603. The molecule has 2 aliphatic heterocycles. The molecular formula is C18H25NO3S. The van der Waals surface area contributed by atoms with E-state index < -0.39 is 5.79 Å². The molecule has 0 N–H and O–H groups in total. The van der Waals surface area contributed by atoms with Crippen LogP contribution in [-0.2, 0) is 22.3 Å². The van der Waals surface area contributed by atoms with Crippen molar-refractivity contribution >= 4 is 17.2 Å². The van der Waals surface area contributed by atoms with Crippen LogP contribution in [-0.4, -0.2) is 42.4 Å². The van der Waals surface area contributed by atoms with Gasteiger partial charge in [0.05, 0.1) is 17.6 Å². The number of ether oxygens (including phenoxy) is 2. The Hall–Kier alpha value is -0.910. The topological polar surface area (TPSA) is 38.8 Å². The Morgan fingerprint density at radius 1 is 1.35 bits per heavy atom. The van der Waals surface area contributed by atoms with Crippen LogP contribution < -0.4 is 0 Å². The van der Waals surface area contributed by atoms with Gasteiger partial charge in [-0.2, -0.15) is 0 Å². The van der Waals surface area contributed by atoms with Crippen molar-refractivity contribution in [3.05, 3.63) is 21.4 Å². The summed E-state index contributed by atoms with van der Waals surface area (Å²) >= 11 is 1.71. The second-order valence-corrected chi connectivity index (χ2v) is 8.49. The Kier molecular flexibility index (Phi) is 3.98. The number of amides is 1. The highest BCUT2D eigenvalue weighted by Gasteiger charge is 2.43. The molecule has 0 unspecified atom stereocenters. The highest BCUT2D eigenvalue weighted by molar-refractivity contribution is 7.14. The second-order valence-electron chi connectivity index (χ2n) is 7.35. The summed E-state index contributed by atoms with van der Waals surface area (Å²) in [6.45, 7) is 6.47. The van der Waals surface area contributed by atoms with E-state index in [1.807, 2.05) is 11.8 Å². The maximum atomic E-state index is 12.8. The molecule has 3 heterocycles. The Morgan fingerprint density at radius 3 is 2.83 bits per heavy atom. The molecule has 0 saturated carbocycles. The molecule has 1 aromatic heterocycles. The number of likely N-dealkylation sites (tertiary alicyclic amines) is 1. The molecule has 2 atom stereocenters. The van der Waals surface area contributed by atoms with Crippen LogP contribution in [0.2, 0.25) is 0 Å². The molecule has 1 spiro atoms. The first-order chi connectivity index (χ1) is 11.0. The fraction of sp³-hybridized carbons (Fsp3) is 0.722. The van der Waals surface area contributed by atoms with Crippen LogP contribution in [0.4, 0.5) is 0 Å². The normalized spacial score (nSPS) is 29.7. The molecule has 2 saturated heterocycles. The van der Waals surface area contributed by atoms with Crippen LogP contribution in [0, 0.1) is 5.92 Å². The molecule has 126 valence electrons. The predicted octanol–water partition coefficient (Wildman–Crippen LogP) is 3.24. The summed E-state index contributed by atoms with van der Waals surface area (Å²) in [5, 5.41) is 0. The van der Waals surface area contributed by atoms with Gasteiger partial charge in [-0.1, -0.05) is 6.92 Å². The largest absolute Gasteiger partial charge is 0.347 e. The molecule has 5 heteroatoms. The first kappa shape index (κ1) is 15.6. The molecule has 4 nitrogen and oxygen atoms in total. The van der Waals surface area contributed by atoms with Crippen LogP contribution >= 0.6 is 11.3 Å². The number of thiophene rings is 1. The van der Waals surface area contributed by atoms with Crippen LogP contribution in [0.15, 0.2) is 6.07 Å². The summed E-state index contributed by atoms with van der Waals surface area (Å²) in [5.74, 6) is 0.506. The first-order valence-corrected chi connectivity index (χ1v) is 9.59. The van der Waals surface area contributed by atoms with Gasteiger partial charge in [0.15, 0.2) is 5.79 Å². The SMILES string of the molecule is C[C@@H]1CCc2sc(C(=O)N3CCC4(CC3)OC[C@@H](C)O4)cc2C1. The summed E-state index contributed by atoms with van der Waals surface area (Å²) in [7, 11) is 0. The zero-order valence-electron chi connectivity index (χ0n) is 14.0. The average Bonchev–Trinajstić information content (AvgIpc) is 3.11. The van der Waals surface area contributed by atoms with Crippen LogP contribution in [0.5, 0.6) is 0 Å². The maximum absolute atomic E-state index is 12.8. The van der Waals surface area contributed by atoms with E-state index in [4.69, 9.17) is 9.47 Å². The van der Waals surface area contributed by atoms with Gasteiger partial charge < -0.3 is 14.4 Å². The van der Waals surface area contributed by atoms with Gasteiger partial charge in [-0.15, -0.1) is 11.3 Å². The monoisotopic (exact) mass is 335 g/mol. The van der Waals surface area contributed by atoms with Gasteiger partial charge in [-0.25, -0.2) is 0 Å². The third kappa shape index (κ3) is 2.94. The van der Waals surface area contributed by atoms with E-state index >= 15 is 0 Å². The number of carbonyl (C=O) groups excluding carboxylic acids is 1. The first-order valence-electron chi connectivity index (χ1n) is 8.77. The third-order valence-corrected chi connectivity index (χ3v) is 6.57. The standard InChI is InChI=1S/C18H25NO3S/c1-12-3-4-15-14(9-12)10-16(23-15)17(20)19-7-5-18(6-8-19)21-11-13(2)22-18/h10,12-13H,3-9,11H2,1-2H3/t12-,13-/m1/s1. The molecule has 0 radical (unpaired) electrons. The van der Waals surface area contributed by atoms with E-state index in [2.05, 4.69) is 13.0 Å². The Morgan fingerprint density at radius 2 is 2.13 bits per heavy atom. The lowest BCUT2D eigenvalue weighted by Crippen LogP contribution is -2.47. The van der Waals surface area contributed by atoms with Gasteiger partial charge in [-0.05, 0) is 43.7 Å². The number of piperidine rings is 1. The zero-order chi connectivity index (χ0) is 16.0. The van der Waals surface area contributed by atoms with Crippen molar-refractivity contribution < 1.29 is 14.3 Å². The lowest BCUT2D eigenvalue weighted by Gasteiger charge is -2.37. The van der Waals surface area contributed by atoms with E-state index in [0.717, 1.165) is 49.6 Å². The molecule has 4 rings (SSSR count). The number of rotatable bonds is 1. The van der Waals surface area contributed by atoms with Gasteiger partial charge in [0, 0.05) is 30.8 Å². The second kappa shape index (κ2) is 5.87. The number of carbonyl (C=O) groups is 1. The van der Waals surface area contributed by atoms with E-state index in [9.17, 15) is 4.79 Å². The Balaban J connectivity index is 1.42. The van der Waals surface area contributed by atoms with Crippen LogP contribution in [0.1, 0.15) is 53.2 Å². The smallest absolute Gasteiger partial charge is 0.263 e. The van der Waals surface area contributed by atoms with Gasteiger partial charge in [0.2, 0.25) is 0 Å². The van der Waals surface area contributed by atoms with Crippen molar-refractivity contribution in [3.8, 4) is 0 Å². The van der Waals surface area contributed by atoms with E-state index in [1.165, 1.54) is 16.9 Å². The fourth-order valence-electron chi connectivity index (χ4n) is 3.98.